The van der Waals surface area contributed by atoms with Gasteiger partial charge in [-0.25, -0.2) is 0 Å². The average Bonchev–Trinajstić information content (AvgIpc) is 3.37. The van der Waals surface area contributed by atoms with Crippen LogP contribution in [0.1, 0.15) is 43.2 Å². The minimum Gasteiger partial charge on any atom is -0.376 e. The molecule has 2 saturated heterocycles. The molecule has 25 heavy (non-hydrogen) atoms. The van der Waals surface area contributed by atoms with Crippen LogP contribution in [0.25, 0.3) is 0 Å². The first kappa shape index (κ1) is 16.5. The number of aryl methyl sites for hydroxylation is 1. The van der Waals surface area contributed by atoms with E-state index < -0.39 is 0 Å². The second-order valence-electron chi connectivity index (χ2n) is 6.63. The molecule has 0 saturated carbocycles. The molecule has 2 fully saturated rings. The Kier molecular flexibility index (Phi) is 4.72. The minimum atomic E-state index is 0.0512. The number of hydrogen-bond acceptors (Lipinski definition) is 3. The van der Waals surface area contributed by atoms with Gasteiger partial charge in [-0.3, -0.25) is 4.98 Å². The normalized spacial score (nSPS) is 26.2. The van der Waals surface area contributed by atoms with Gasteiger partial charge in [0.1, 0.15) is 0 Å². The van der Waals surface area contributed by atoms with E-state index in [4.69, 9.17) is 17.0 Å². The summed E-state index contributed by atoms with van der Waals surface area (Å²) in [6.07, 6.45) is 6.48. The van der Waals surface area contributed by atoms with E-state index in [9.17, 15) is 0 Å². The molecule has 0 bridgehead atoms. The highest BCUT2D eigenvalue weighted by Gasteiger charge is 2.42. The monoisotopic (exact) mass is 356 g/mol. The van der Waals surface area contributed by atoms with E-state index in [1.807, 2.05) is 18.3 Å². The van der Waals surface area contributed by atoms with Crippen molar-refractivity contribution in [3.63, 3.8) is 0 Å². The van der Waals surface area contributed by atoms with Crippen molar-refractivity contribution in [1.29, 1.82) is 0 Å². The van der Waals surface area contributed by atoms with Crippen molar-refractivity contribution in [1.82, 2.24) is 19.8 Å². The zero-order chi connectivity index (χ0) is 17.2. The van der Waals surface area contributed by atoms with Crippen LogP contribution in [0, 0.1) is 0 Å². The van der Waals surface area contributed by atoms with E-state index >= 15 is 0 Å². The van der Waals surface area contributed by atoms with E-state index in [2.05, 4.69) is 51.1 Å². The van der Waals surface area contributed by atoms with Crippen molar-refractivity contribution in [3.8, 4) is 0 Å². The Morgan fingerprint density at radius 1 is 1.32 bits per heavy atom. The lowest BCUT2D eigenvalue weighted by atomic mass is 10.0. The third-order valence-electron chi connectivity index (χ3n) is 5.13. The van der Waals surface area contributed by atoms with Crippen LogP contribution < -0.4 is 5.32 Å². The number of thiocarbonyl (C=S) groups is 1. The molecule has 0 aliphatic carbocycles. The van der Waals surface area contributed by atoms with E-state index in [1.165, 1.54) is 5.69 Å². The highest BCUT2D eigenvalue weighted by atomic mass is 32.1. The maximum Gasteiger partial charge on any atom is 0.170 e. The summed E-state index contributed by atoms with van der Waals surface area (Å²) in [5.74, 6) is 0. The predicted molar refractivity (Wildman–Crippen MR) is 101 cm³/mol. The quantitative estimate of drug-likeness (QED) is 0.834. The highest BCUT2D eigenvalue weighted by molar-refractivity contribution is 7.80. The smallest absolute Gasteiger partial charge is 0.170 e. The molecule has 4 rings (SSSR count). The predicted octanol–water partition coefficient (Wildman–Crippen LogP) is 3.05. The number of aromatic nitrogens is 2. The second-order valence-corrected chi connectivity index (χ2v) is 7.02. The third-order valence-corrected chi connectivity index (χ3v) is 5.48. The van der Waals surface area contributed by atoms with Gasteiger partial charge in [-0.05, 0) is 56.2 Å². The van der Waals surface area contributed by atoms with Crippen LogP contribution in [0.5, 0.6) is 0 Å². The Morgan fingerprint density at radius 3 is 2.96 bits per heavy atom. The molecule has 2 aromatic rings. The van der Waals surface area contributed by atoms with Gasteiger partial charge in [-0.2, -0.15) is 0 Å². The summed E-state index contributed by atoms with van der Waals surface area (Å²) in [5.41, 5.74) is 2.29. The van der Waals surface area contributed by atoms with Crippen molar-refractivity contribution in [2.45, 2.75) is 44.5 Å². The molecule has 0 spiro atoms. The van der Waals surface area contributed by atoms with Gasteiger partial charge < -0.3 is 19.5 Å². The lowest BCUT2D eigenvalue weighted by molar-refractivity contribution is 0.0834. The summed E-state index contributed by atoms with van der Waals surface area (Å²) in [6, 6.07) is 10.5. The fourth-order valence-corrected chi connectivity index (χ4v) is 4.23. The average molecular weight is 356 g/mol. The van der Waals surface area contributed by atoms with E-state index in [0.29, 0.717) is 0 Å². The number of pyridine rings is 1. The molecule has 132 valence electrons. The number of rotatable bonds is 5. The molecule has 4 heterocycles. The van der Waals surface area contributed by atoms with Gasteiger partial charge in [-0.1, -0.05) is 6.07 Å². The Balaban J connectivity index is 1.70. The Morgan fingerprint density at radius 2 is 2.24 bits per heavy atom. The number of ether oxygens (including phenoxy) is 1. The number of hydrogen-bond donors (Lipinski definition) is 1. The summed E-state index contributed by atoms with van der Waals surface area (Å²) in [6.45, 7) is 4.80. The molecule has 0 amide bonds. The van der Waals surface area contributed by atoms with Gasteiger partial charge in [-0.15, -0.1) is 0 Å². The maximum absolute atomic E-state index is 5.87. The molecule has 2 aromatic heterocycles. The zero-order valence-corrected chi connectivity index (χ0v) is 15.3. The second kappa shape index (κ2) is 7.14. The fourth-order valence-electron chi connectivity index (χ4n) is 3.92. The lowest BCUT2D eigenvalue weighted by Gasteiger charge is -2.30. The molecule has 0 unspecified atom stereocenters. The van der Waals surface area contributed by atoms with Gasteiger partial charge in [0.05, 0.1) is 23.9 Å². The van der Waals surface area contributed by atoms with Crippen molar-refractivity contribution in [2.24, 2.45) is 0 Å². The minimum absolute atomic E-state index is 0.0512. The van der Waals surface area contributed by atoms with E-state index in [0.717, 1.165) is 43.3 Å². The SMILES string of the molecule is CCn1cccc1[C@@H]1[C@@H](c2ccccn2)NC(=S)N1C[C@@H]1CCCO1. The van der Waals surface area contributed by atoms with Crippen LogP contribution in [-0.2, 0) is 11.3 Å². The van der Waals surface area contributed by atoms with Gasteiger partial charge in [0.15, 0.2) is 5.11 Å². The molecule has 0 aromatic carbocycles. The van der Waals surface area contributed by atoms with Gasteiger partial charge in [0.25, 0.3) is 0 Å². The lowest BCUT2D eigenvalue weighted by Crippen LogP contribution is -2.36. The van der Waals surface area contributed by atoms with Gasteiger partial charge in [0, 0.05) is 37.8 Å². The van der Waals surface area contributed by atoms with Crippen molar-refractivity contribution >= 4 is 17.3 Å². The largest absolute Gasteiger partial charge is 0.376 e. The van der Waals surface area contributed by atoms with Crippen molar-refractivity contribution in [2.75, 3.05) is 13.2 Å². The van der Waals surface area contributed by atoms with Crippen LogP contribution in [0.4, 0.5) is 0 Å². The van der Waals surface area contributed by atoms with Crippen LogP contribution in [0.3, 0.4) is 0 Å². The van der Waals surface area contributed by atoms with Crippen molar-refractivity contribution < 1.29 is 4.74 Å². The Bertz CT molecular complexity index is 726. The Labute approximate surface area is 154 Å². The van der Waals surface area contributed by atoms with Crippen LogP contribution in [0.2, 0.25) is 0 Å². The number of nitrogens with zero attached hydrogens (tertiary/aromatic N) is 3. The molecular weight excluding hydrogens is 332 g/mol. The van der Waals surface area contributed by atoms with Gasteiger partial charge >= 0.3 is 0 Å². The molecule has 1 N–H and O–H groups in total. The first-order chi connectivity index (χ1) is 12.3. The fraction of sp³-hybridized carbons (Fsp3) is 0.474. The van der Waals surface area contributed by atoms with Crippen LogP contribution >= 0.6 is 12.2 Å². The molecule has 5 nitrogen and oxygen atoms in total. The van der Waals surface area contributed by atoms with E-state index in [1.54, 1.807) is 0 Å². The zero-order valence-electron chi connectivity index (χ0n) is 14.5. The van der Waals surface area contributed by atoms with Crippen LogP contribution in [-0.4, -0.2) is 38.8 Å². The van der Waals surface area contributed by atoms with Gasteiger partial charge in [0.2, 0.25) is 0 Å². The summed E-state index contributed by atoms with van der Waals surface area (Å²) < 4.78 is 8.17. The topological polar surface area (TPSA) is 42.3 Å². The first-order valence-electron chi connectivity index (χ1n) is 9.02. The first-order valence-corrected chi connectivity index (χ1v) is 9.43. The highest BCUT2D eigenvalue weighted by Crippen LogP contribution is 2.39. The summed E-state index contributed by atoms with van der Waals surface area (Å²) in [4.78, 5) is 6.89. The maximum atomic E-state index is 5.87. The molecule has 2 aliphatic rings. The van der Waals surface area contributed by atoms with Crippen molar-refractivity contribution in [3.05, 3.63) is 54.1 Å². The number of nitrogens with one attached hydrogen (secondary N) is 1. The standard InChI is InChI=1S/C19H24N4OS/c1-2-22-11-5-9-16(22)18-17(15-8-3-4-10-20-15)21-19(25)23(18)13-14-7-6-12-24-14/h3-5,8-11,14,17-18H,2,6-7,12-13H2,1H3,(H,21,25)/t14-,17+,18+/m0/s1. The summed E-state index contributed by atoms with van der Waals surface area (Å²) >= 11 is 5.70. The molecule has 2 aliphatic heterocycles. The van der Waals surface area contributed by atoms with E-state index in [-0.39, 0.29) is 18.2 Å². The summed E-state index contributed by atoms with van der Waals surface area (Å²) in [7, 11) is 0. The molecule has 3 atom stereocenters. The van der Waals surface area contributed by atoms with Crippen LogP contribution in [0.15, 0.2) is 42.7 Å². The third kappa shape index (κ3) is 3.16. The molecule has 0 radical (unpaired) electrons. The molecular formula is C19H24N4OS. The Hall–Kier alpha value is -1.92. The summed E-state index contributed by atoms with van der Waals surface area (Å²) in [5, 5.41) is 4.30. The molecule has 6 heteroatoms.